The minimum atomic E-state index is -0.328. The highest BCUT2D eigenvalue weighted by molar-refractivity contribution is 6.00. The molecule has 0 aromatic carbocycles. The highest BCUT2D eigenvalue weighted by atomic mass is 16.5. The first-order valence-corrected chi connectivity index (χ1v) is 11.8. The van der Waals surface area contributed by atoms with Crippen molar-refractivity contribution in [3.05, 3.63) is 41.9 Å². The van der Waals surface area contributed by atoms with Crippen molar-refractivity contribution in [2.24, 2.45) is 0 Å². The van der Waals surface area contributed by atoms with E-state index < -0.39 is 0 Å². The van der Waals surface area contributed by atoms with Crippen LogP contribution in [0.5, 0.6) is 0 Å². The number of fused-ring (bicyclic) bond motifs is 1. The highest BCUT2D eigenvalue weighted by Crippen LogP contribution is 2.35. The molecule has 1 aliphatic heterocycles. The molecule has 10 heteroatoms. The smallest absolute Gasteiger partial charge is 0.257 e. The van der Waals surface area contributed by atoms with Crippen molar-refractivity contribution in [3.8, 4) is 0 Å². The Bertz CT molecular complexity index is 1130. The Hall–Kier alpha value is -3.11. The fourth-order valence-electron chi connectivity index (χ4n) is 4.83. The van der Waals surface area contributed by atoms with Gasteiger partial charge in [-0.15, -0.1) is 0 Å². The van der Waals surface area contributed by atoms with Crippen LogP contribution in [0.3, 0.4) is 0 Å². The van der Waals surface area contributed by atoms with Crippen LogP contribution in [0.25, 0.3) is 5.65 Å². The molecular weight excluding hydrogens is 434 g/mol. The summed E-state index contributed by atoms with van der Waals surface area (Å²) in [5.74, 6) is 1.20. The van der Waals surface area contributed by atoms with Gasteiger partial charge in [0, 0.05) is 39.1 Å². The van der Waals surface area contributed by atoms with Gasteiger partial charge in [0.05, 0.1) is 30.5 Å². The van der Waals surface area contributed by atoms with Gasteiger partial charge < -0.3 is 30.3 Å². The molecule has 0 saturated heterocycles. The van der Waals surface area contributed by atoms with Crippen LogP contribution in [0.2, 0.25) is 0 Å². The summed E-state index contributed by atoms with van der Waals surface area (Å²) in [5, 5.41) is 14.1. The molecule has 2 aromatic heterocycles. The zero-order valence-electron chi connectivity index (χ0n) is 20.2. The molecule has 10 nitrogen and oxygen atoms in total. The maximum absolute atomic E-state index is 13.1. The van der Waals surface area contributed by atoms with Gasteiger partial charge in [0.25, 0.3) is 5.91 Å². The second-order valence-electron chi connectivity index (χ2n) is 9.47. The quantitative estimate of drug-likeness (QED) is 0.544. The number of nitrogens with one attached hydrogen (secondary N) is 3. The number of rotatable bonds is 8. The van der Waals surface area contributed by atoms with E-state index in [-0.39, 0.29) is 17.6 Å². The number of allylic oxidation sites excluding steroid dienone is 2. The first-order chi connectivity index (χ1) is 16.4. The van der Waals surface area contributed by atoms with Gasteiger partial charge in [-0.3, -0.25) is 4.79 Å². The van der Waals surface area contributed by atoms with Crippen LogP contribution in [0, 0.1) is 0 Å². The summed E-state index contributed by atoms with van der Waals surface area (Å²) < 4.78 is 12.7. The number of carbonyl (C=O) groups is 1. The molecule has 3 heterocycles. The molecule has 0 bridgehead atoms. The lowest BCUT2D eigenvalue weighted by Gasteiger charge is -2.45. The molecule has 2 aliphatic carbocycles. The van der Waals surface area contributed by atoms with E-state index in [1.165, 1.54) is 0 Å². The second-order valence-corrected chi connectivity index (χ2v) is 9.47. The Morgan fingerprint density at radius 3 is 2.79 bits per heavy atom. The molecule has 3 aliphatic rings. The van der Waals surface area contributed by atoms with Crippen LogP contribution in [-0.2, 0) is 9.47 Å². The van der Waals surface area contributed by atoms with Crippen LogP contribution in [0.15, 0.2) is 36.3 Å². The first kappa shape index (κ1) is 22.7. The standard InChI is InChI=1S/C24H33N7O3/c1-24(34-4)8-7-19(24)28-23(32)18-13-26-31-21(25-2)12-20(29-22(18)31)27-15-6-5-9-30(14-15)16-10-17(11-16)33-3/h5-6,9,12-13,16-17,19,25H,7-8,10-11,14H2,1-4H3,(H,27,29)(H,28,32)/t16?,17?,19-,24-/m0/s1. The zero-order chi connectivity index (χ0) is 23.9. The Morgan fingerprint density at radius 1 is 1.29 bits per heavy atom. The van der Waals surface area contributed by atoms with Gasteiger partial charge in [0.2, 0.25) is 0 Å². The minimum absolute atomic E-state index is 0.0283. The second kappa shape index (κ2) is 8.92. The fourth-order valence-corrected chi connectivity index (χ4v) is 4.83. The van der Waals surface area contributed by atoms with E-state index in [4.69, 9.17) is 14.5 Å². The average Bonchev–Trinajstić information content (AvgIpc) is 3.24. The number of anilines is 2. The van der Waals surface area contributed by atoms with Crippen molar-refractivity contribution in [2.45, 2.75) is 56.4 Å². The molecular formula is C24H33N7O3. The van der Waals surface area contributed by atoms with E-state index in [0.717, 1.165) is 43.7 Å². The molecule has 1 amide bonds. The van der Waals surface area contributed by atoms with Gasteiger partial charge in [-0.2, -0.15) is 9.61 Å². The largest absolute Gasteiger partial charge is 0.381 e. The Balaban J connectivity index is 1.34. The Morgan fingerprint density at radius 2 is 2.12 bits per heavy atom. The molecule has 0 spiro atoms. The maximum atomic E-state index is 13.1. The van der Waals surface area contributed by atoms with Gasteiger partial charge in [0.15, 0.2) is 5.65 Å². The number of ether oxygens (including phenoxy) is 2. The van der Waals surface area contributed by atoms with Crippen LogP contribution < -0.4 is 16.0 Å². The summed E-state index contributed by atoms with van der Waals surface area (Å²) in [4.78, 5) is 20.2. The van der Waals surface area contributed by atoms with Crippen molar-refractivity contribution < 1.29 is 14.3 Å². The summed E-state index contributed by atoms with van der Waals surface area (Å²) >= 11 is 0. The summed E-state index contributed by atoms with van der Waals surface area (Å²) in [6.45, 7) is 2.79. The molecule has 2 fully saturated rings. The van der Waals surface area contributed by atoms with Crippen LogP contribution >= 0.6 is 0 Å². The van der Waals surface area contributed by atoms with E-state index >= 15 is 0 Å². The Kier molecular flexibility index (Phi) is 5.95. The first-order valence-electron chi connectivity index (χ1n) is 11.8. The molecule has 2 aromatic rings. The highest BCUT2D eigenvalue weighted by Gasteiger charge is 2.44. The number of amides is 1. The molecule has 2 saturated carbocycles. The third kappa shape index (κ3) is 4.01. The van der Waals surface area contributed by atoms with Crippen molar-refractivity contribution in [1.82, 2.24) is 24.8 Å². The average molecular weight is 468 g/mol. The number of carbonyl (C=O) groups excluding carboxylic acids is 1. The topological polar surface area (TPSA) is 105 Å². The van der Waals surface area contributed by atoms with Crippen molar-refractivity contribution in [2.75, 3.05) is 38.4 Å². The number of methoxy groups -OCH3 is 2. The van der Waals surface area contributed by atoms with Crippen molar-refractivity contribution in [3.63, 3.8) is 0 Å². The van der Waals surface area contributed by atoms with Gasteiger partial charge in [-0.25, -0.2) is 4.98 Å². The number of aromatic nitrogens is 3. The Labute approximate surface area is 199 Å². The molecule has 34 heavy (non-hydrogen) atoms. The van der Waals surface area contributed by atoms with E-state index in [9.17, 15) is 4.79 Å². The molecule has 3 N–H and O–H groups in total. The molecule has 0 radical (unpaired) electrons. The van der Waals surface area contributed by atoms with Gasteiger partial charge in [0.1, 0.15) is 17.2 Å². The third-order valence-corrected chi connectivity index (χ3v) is 7.50. The van der Waals surface area contributed by atoms with E-state index in [0.29, 0.717) is 29.2 Å². The summed E-state index contributed by atoms with van der Waals surface area (Å²) in [7, 11) is 5.28. The monoisotopic (exact) mass is 467 g/mol. The van der Waals surface area contributed by atoms with Crippen LogP contribution in [0.1, 0.15) is 43.0 Å². The summed E-state index contributed by atoms with van der Waals surface area (Å²) in [5.41, 5.74) is 1.64. The SMILES string of the molecule is CNc1cc(NC2=CC=CN(C3CC(OC)C3)C2)nc2c(C(=O)N[C@H]3CC[C@]3(C)OC)cnn12. The lowest BCUT2D eigenvalue weighted by molar-refractivity contribution is -0.0828. The number of hydrogen-bond donors (Lipinski definition) is 3. The summed E-state index contributed by atoms with van der Waals surface area (Å²) in [6.07, 6.45) is 12.1. The van der Waals surface area contributed by atoms with Gasteiger partial charge in [-0.1, -0.05) is 0 Å². The molecule has 0 unspecified atom stereocenters. The van der Waals surface area contributed by atoms with E-state index in [1.54, 1.807) is 24.9 Å². The van der Waals surface area contributed by atoms with Gasteiger partial charge in [-0.05, 0) is 51.0 Å². The maximum Gasteiger partial charge on any atom is 0.257 e. The minimum Gasteiger partial charge on any atom is -0.381 e. The van der Waals surface area contributed by atoms with Crippen molar-refractivity contribution >= 4 is 23.2 Å². The molecule has 182 valence electrons. The number of hydrogen-bond acceptors (Lipinski definition) is 8. The lowest BCUT2D eigenvalue weighted by Crippen LogP contribution is -2.59. The normalized spacial score (nSPS) is 28.2. The molecule has 5 rings (SSSR count). The van der Waals surface area contributed by atoms with Gasteiger partial charge >= 0.3 is 0 Å². The summed E-state index contributed by atoms with van der Waals surface area (Å²) in [6, 6.07) is 2.35. The van der Waals surface area contributed by atoms with Crippen LogP contribution in [0.4, 0.5) is 11.6 Å². The predicted molar refractivity (Wildman–Crippen MR) is 130 cm³/mol. The third-order valence-electron chi connectivity index (χ3n) is 7.50. The van der Waals surface area contributed by atoms with E-state index in [2.05, 4.69) is 38.2 Å². The lowest BCUT2D eigenvalue weighted by atomic mass is 9.76. The number of nitrogens with zero attached hydrogens (tertiary/aromatic N) is 4. The van der Waals surface area contributed by atoms with Crippen LogP contribution in [-0.4, -0.2) is 77.0 Å². The predicted octanol–water partition coefficient (Wildman–Crippen LogP) is 2.37. The van der Waals surface area contributed by atoms with Crippen molar-refractivity contribution in [1.29, 1.82) is 0 Å². The zero-order valence-corrected chi connectivity index (χ0v) is 20.2. The molecule has 2 atom stereocenters. The van der Waals surface area contributed by atoms with E-state index in [1.807, 2.05) is 26.1 Å². The fraction of sp³-hybridized carbons (Fsp3) is 0.542.